The van der Waals surface area contributed by atoms with Crippen LogP contribution in [0.4, 0.5) is 5.69 Å². The summed E-state index contributed by atoms with van der Waals surface area (Å²) in [5.41, 5.74) is -0.759. The number of hydrogen-bond donors (Lipinski definition) is 1. The maximum Gasteiger partial charge on any atom is 1.00 e. The standard InChI is InChI=1S/C15H11Cl2N4O9P.2Na/c1-5-10(13(17)20(23)6(2)11(5)16)14-18-15(29-19-14)7-3-8(21(24)25)12(22)9(4-7)30-31(26,27)28;;/h3-4,22H,1-2H3,(H2,26,27,28);;/q;2*+1/p-2. The minimum atomic E-state index is -5.67. The van der Waals surface area contributed by atoms with Crippen LogP contribution < -0.4 is 78.2 Å². The van der Waals surface area contributed by atoms with Crippen LogP contribution in [0.5, 0.6) is 11.5 Å². The van der Waals surface area contributed by atoms with E-state index >= 15 is 0 Å². The molecule has 0 unspecified atom stereocenters. The summed E-state index contributed by atoms with van der Waals surface area (Å²) in [6.45, 7) is 2.99. The monoisotopic (exact) mass is 536 g/mol. The van der Waals surface area contributed by atoms with Gasteiger partial charge in [0.1, 0.15) is 18.4 Å². The predicted molar refractivity (Wildman–Crippen MR) is 100 cm³/mol. The number of phenols is 1. The summed E-state index contributed by atoms with van der Waals surface area (Å²) < 4.78 is 20.3. The maximum absolute atomic E-state index is 12.2. The Kier molecular flexibility index (Phi) is 10.2. The fraction of sp³-hybridized carbons (Fsp3) is 0.133. The first-order chi connectivity index (χ1) is 14.3. The minimum Gasteiger partial charge on any atom is -0.780 e. The van der Waals surface area contributed by atoms with Crippen LogP contribution in [0.25, 0.3) is 22.8 Å². The van der Waals surface area contributed by atoms with E-state index in [-0.39, 0.29) is 91.9 Å². The van der Waals surface area contributed by atoms with Crippen molar-refractivity contribution in [3.8, 4) is 34.3 Å². The van der Waals surface area contributed by atoms with E-state index in [9.17, 15) is 34.8 Å². The van der Waals surface area contributed by atoms with Crippen LogP contribution in [0.1, 0.15) is 11.3 Å². The number of phosphoric ester groups is 1. The van der Waals surface area contributed by atoms with Crippen molar-refractivity contribution in [2.75, 3.05) is 0 Å². The summed E-state index contributed by atoms with van der Waals surface area (Å²) in [4.78, 5) is 35.9. The van der Waals surface area contributed by atoms with Crippen LogP contribution in [0.15, 0.2) is 16.7 Å². The smallest absolute Gasteiger partial charge is 0.780 e. The van der Waals surface area contributed by atoms with E-state index in [1.807, 2.05) is 0 Å². The molecular formula is C15H9Cl2N4Na2O9P. The molecule has 1 N–H and O–H groups in total. The molecule has 2 aromatic heterocycles. The fourth-order valence-electron chi connectivity index (χ4n) is 2.62. The van der Waals surface area contributed by atoms with Crippen LogP contribution in [-0.2, 0) is 4.57 Å². The van der Waals surface area contributed by atoms with Gasteiger partial charge in [-0.05, 0) is 30.2 Å². The molecule has 0 amide bonds. The second kappa shape index (κ2) is 11.2. The van der Waals surface area contributed by atoms with Gasteiger partial charge in [-0.3, -0.25) is 10.1 Å². The second-order valence-corrected chi connectivity index (χ2v) is 7.86. The molecular weight excluding hydrogens is 528 g/mol. The zero-order valence-corrected chi connectivity index (χ0v) is 23.8. The minimum absolute atomic E-state index is 0. The van der Waals surface area contributed by atoms with Crippen LogP contribution in [0.2, 0.25) is 10.2 Å². The molecule has 0 aliphatic heterocycles. The SMILES string of the molecule is Cc1c(Cl)c(C)[n+]([O-])c(Cl)c1-c1noc(-c2cc(OP(=O)([O-])[O-])c(O)c([N+](=O)[O-])c2)n1.[Na+].[Na+]. The van der Waals surface area contributed by atoms with E-state index in [0.29, 0.717) is 10.3 Å². The predicted octanol–water partition coefficient (Wildman–Crippen LogP) is -4.21. The molecule has 164 valence electrons. The average molecular weight is 537 g/mol. The number of pyridine rings is 1. The molecule has 0 radical (unpaired) electrons. The third kappa shape index (κ3) is 6.19. The third-order valence-corrected chi connectivity index (χ3v) is 5.39. The molecule has 0 aliphatic rings. The van der Waals surface area contributed by atoms with Gasteiger partial charge in [0.2, 0.25) is 17.3 Å². The van der Waals surface area contributed by atoms with Gasteiger partial charge in [-0.25, -0.2) is 0 Å². The number of phosphoric acid groups is 1. The summed E-state index contributed by atoms with van der Waals surface area (Å²) in [7, 11) is -5.67. The Morgan fingerprint density at radius 3 is 2.39 bits per heavy atom. The van der Waals surface area contributed by atoms with Crippen LogP contribution in [0.3, 0.4) is 0 Å². The second-order valence-electron chi connectivity index (χ2n) is 6.05. The number of aromatic nitrogens is 3. The Morgan fingerprint density at radius 1 is 1.24 bits per heavy atom. The van der Waals surface area contributed by atoms with Crippen molar-refractivity contribution in [3.63, 3.8) is 0 Å². The Hall–Kier alpha value is -0.960. The van der Waals surface area contributed by atoms with Crippen molar-refractivity contribution in [2.45, 2.75) is 13.8 Å². The number of hydrogen-bond acceptors (Lipinski definition) is 11. The Balaban J connectivity index is 0.00000272. The van der Waals surface area contributed by atoms with Gasteiger partial charge < -0.3 is 33.7 Å². The van der Waals surface area contributed by atoms with Gasteiger partial charge in [-0.1, -0.05) is 16.8 Å². The van der Waals surface area contributed by atoms with Gasteiger partial charge in [-0.2, -0.15) is 9.71 Å². The van der Waals surface area contributed by atoms with Crippen molar-refractivity contribution in [3.05, 3.63) is 48.9 Å². The Bertz CT molecular complexity index is 1260. The molecule has 3 aromatic rings. The molecule has 2 heterocycles. The number of nitro benzene ring substituents is 1. The first kappa shape index (κ1) is 30.1. The van der Waals surface area contributed by atoms with Crippen molar-refractivity contribution >= 4 is 36.7 Å². The summed E-state index contributed by atoms with van der Waals surface area (Å²) in [6, 6.07) is 1.55. The molecule has 0 atom stereocenters. The largest absolute Gasteiger partial charge is 1.00 e. The van der Waals surface area contributed by atoms with Gasteiger partial charge in [0.25, 0.3) is 11.0 Å². The van der Waals surface area contributed by atoms with E-state index < -0.39 is 35.8 Å². The molecule has 0 saturated heterocycles. The van der Waals surface area contributed by atoms with E-state index in [1.165, 1.54) is 6.92 Å². The normalized spacial score (nSPS) is 10.8. The van der Waals surface area contributed by atoms with Gasteiger partial charge >= 0.3 is 64.8 Å². The first-order valence-corrected chi connectivity index (χ1v) is 10.2. The van der Waals surface area contributed by atoms with E-state index in [2.05, 4.69) is 14.7 Å². The van der Waals surface area contributed by atoms with E-state index in [1.54, 1.807) is 6.92 Å². The van der Waals surface area contributed by atoms with E-state index in [4.69, 9.17) is 27.7 Å². The topological polar surface area (TPSA) is 202 Å². The fourth-order valence-corrected chi connectivity index (χ4v) is 3.53. The quantitative estimate of drug-likeness (QED) is 0.0629. The maximum atomic E-state index is 12.2. The summed E-state index contributed by atoms with van der Waals surface area (Å²) in [5.74, 6) is -2.82. The number of phenolic OH excluding ortho intramolecular Hbond substituents is 1. The molecule has 33 heavy (non-hydrogen) atoms. The van der Waals surface area contributed by atoms with Crippen LogP contribution in [-0.4, -0.2) is 20.2 Å². The zero-order chi connectivity index (χ0) is 23.2. The molecule has 0 spiro atoms. The molecule has 0 saturated carbocycles. The number of nitrogens with zero attached hydrogens (tertiary/aromatic N) is 4. The van der Waals surface area contributed by atoms with Gasteiger partial charge in [0.05, 0.1) is 10.5 Å². The molecule has 3 rings (SSSR count). The van der Waals surface area contributed by atoms with Crippen molar-refractivity contribution in [2.24, 2.45) is 0 Å². The van der Waals surface area contributed by atoms with Gasteiger partial charge in [0, 0.05) is 13.0 Å². The molecule has 13 nitrogen and oxygen atoms in total. The zero-order valence-electron chi connectivity index (χ0n) is 17.4. The third-order valence-electron chi connectivity index (χ3n) is 4.07. The van der Waals surface area contributed by atoms with E-state index in [0.717, 1.165) is 12.1 Å². The Labute approximate surface area is 239 Å². The van der Waals surface area contributed by atoms with Crippen LogP contribution >= 0.6 is 31.0 Å². The average Bonchev–Trinajstić information content (AvgIpc) is 3.15. The van der Waals surface area contributed by atoms with Gasteiger partial charge in [-0.15, -0.1) is 0 Å². The van der Waals surface area contributed by atoms with Crippen molar-refractivity contribution < 1.29 is 97.3 Å². The number of rotatable bonds is 5. The molecule has 0 bridgehead atoms. The van der Waals surface area contributed by atoms with Crippen molar-refractivity contribution in [1.29, 1.82) is 0 Å². The number of benzene rings is 1. The summed E-state index contributed by atoms with van der Waals surface area (Å²) in [5, 5.41) is 36.6. The summed E-state index contributed by atoms with van der Waals surface area (Å²) >= 11 is 12.2. The first-order valence-electron chi connectivity index (χ1n) is 7.97. The molecule has 1 aromatic carbocycles. The van der Waals surface area contributed by atoms with Gasteiger partial charge in [0.15, 0.2) is 5.75 Å². The Morgan fingerprint density at radius 2 is 1.85 bits per heavy atom. The van der Waals surface area contributed by atoms with Crippen LogP contribution in [0, 0.1) is 29.2 Å². The van der Waals surface area contributed by atoms with Crippen molar-refractivity contribution in [1.82, 2.24) is 10.1 Å². The summed E-state index contributed by atoms with van der Waals surface area (Å²) in [6.07, 6.45) is 0. The number of aromatic hydroxyl groups is 1. The number of halogens is 2. The molecule has 0 fully saturated rings. The molecule has 18 heteroatoms. The molecule has 0 aliphatic carbocycles. The number of nitro groups is 1.